The van der Waals surface area contributed by atoms with Gasteiger partial charge in [-0.15, -0.1) is 0 Å². The van der Waals surface area contributed by atoms with E-state index in [1.165, 1.54) is 17.7 Å². The van der Waals surface area contributed by atoms with Crippen LogP contribution in [-0.4, -0.2) is 26.7 Å². The van der Waals surface area contributed by atoms with Gasteiger partial charge in [0.05, 0.1) is 17.4 Å². The summed E-state index contributed by atoms with van der Waals surface area (Å²) < 4.78 is 56.6. The Kier molecular flexibility index (Phi) is 4.90. The van der Waals surface area contributed by atoms with Crippen LogP contribution in [0.3, 0.4) is 0 Å². The number of hydrogen-bond donors (Lipinski definition) is 1. The van der Waals surface area contributed by atoms with Crippen molar-refractivity contribution in [2.24, 2.45) is 11.8 Å². The van der Waals surface area contributed by atoms with Crippen LogP contribution in [0.2, 0.25) is 0 Å². The van der Waals surface area contributed by atoms with Crippen molar-refractivity contribution in [3.05, 3.63) is 59.5 Å². The Morgan fingerprint density at radius 3 is 2.53 bits per heavy atom. The van der Waals surface area contributed by atoms with E-state index >= 15 is 0 Å². The molecular weight excluding hydrogens is 444 g/mol. The molecule has 1 aromatic heterocycles. The van der Waals surface area contributed by atoms with E-state index in [9.17, 15) is 22.7 Å². The average Bonchev–Trinajstić information content (AvgIpc) is 3.53. The molecule has 3 aliphatic carbocycles. The second kappa shape index (κ2) is 7.54. The number of alkyl halides is 3. The normalized spacial score (nSPS) is 29.5. The highest BCUT2D eigenvalue weighted by Gasteiger charge is 2.61. The molecule has 1 heterocycles. The number of nitrogens with zero attached hydrogens (tertiary/aromatic N) is 2. The molecule has 0 saturated heterocycles. The van der Waals surface area contributed by atoms with E-state index in [2.05, 4.69) is 17.2 Å². The average molecular weight is 473 g/mol. The van der Waals surface area contributed by atoms with Crippen molar-refractivity contribution >= 4 is 10.9 Å². The number of aromatic nitrogens is 2. The quantitative estimate of drug-likeness (QED) is 0.435. The summed E-state index contributed by atoms with van der Waals surface area (Å²) in [7, 11) is 0. The van der Waals surface area contributed by atoms with Gasteiger partial charge in [0, 0.05) is 5.39 Å². The molecule has 3 aromatic rings. The summed E-state index contributed by atoms with van der Waals surface area (Å²) in [6.07, 6.45) is 2.55. The molecule has 1 N–H and O–H groups in total. The minimum absolute atomic E-state index is 0.195. The van der Waals surface area contributed by atoms with E-state index in [0.717, 1.165) is 54.3 Å². The molecule has 0 unspecified atom stereocenters. The van der Waals surface area contributed by atoms with Gasteiger partial charge in [-0.1, -0.05) is 12.8 Å². The largest absolute Gasteiger partial charge is 0.417 e. The van der Waals surface area contributed by atoms with Crippen molar-refractivity contribution < 1.29 is 22.7 Å². The van der Waals surface area contributed by atoms with Gasteiger partial charge in [0.1, 0.15) is 5.82 Å². The predicted octanol–water partition coefficient (Wildman–Crippen LogP) is 6.63. The van der Waals surface area contributed by atoms with Crippen LogP contribution in [0.5, 0.6) is 0 Å². The molecule has 2 aromatic carbocycles. The molecule has 7 heteroatoms. The zero-order chi connectivity index (χ0) is 23.7. The Hall–Kier alpha value is -2.41. The maximum Gasteiger partial charge on any atom is 0.417 e. The van der Waals surface area contributed by atoms with Crippen molar-refractivity contribution in [3.63, 3.8) is 0 Å². The summed E-state index contributed by atoms with van der Waals surface area (Å²) >= 11 is 0. The molecule has 3 aliphatic rings. The molecule has 2 saturated carbocycles. The van der Waals surface area contributed by atoms with Gasteiger partial charge in [0.25, 0.3) is 0 Å². The summed E-state index contributed by atoms with van der Waals surface area (Å²) in [4.78, 5) is 0. The van der Waals surface area contributed by atoms with Gasteiger partial charge in [0.2, 0.25) is 0 Å². The fraction of sp³-hybridized carbons (Fsp3) is 0.519. The lowest BCUT2D eigenvalue weighted by molar-refractivity contribution is -0.279. The molecule has 180 valence electrons. The first-order valence-electron chi connectivity index (χ1n) is 12.2. The Balaban J connectivity index is 1.47. The minimum Gasteiger partial charge on any atom is -0.380 e. The predicted molar refractivity (Wildman–Crippen MR) is 121 cm³/mol. The minimum atomic E-state index is -4.60. The molecule has 0 bridgehead atoms. The molecule has 0 spiro atoms. The van der Waals surface area contributed by atoms with Crippen LogP contribution >= 0.6 is 0 Å². The van der Waals surface area contributed by atoms with Gasteiger partial charge < -0.3 is 5.11 Å². The Morgan fingerprint density at radius 2 is 1.82 bits per heavy atom. The number of benzene rings is 2. The smallest absolute Gasteiger partial charge is 0.380 e. The molecule has 3 atom stereocenters. The summed E-state index contributed by atoms with van der Waals surface area (Å²) in [5.41, 5.74) is 1.11. The third-order valence-corrected chi connectivity index (χ3v) is 8.63. The number of halogens is 4. The topological polar surface area (TPSA) is 38.1 Å². The standard InChI is InChI=1S/C27H28F4N2O/c28-21-6-8-22(9-7-21)33-24-13-18-2-1-3-20-15-26(34,27(29,30)31)11-10-25(20,14-17-4-5-17)23(18)12-19(24)16-32-33/h6-9,12-13,16-17,20,34H,1-5,10-11,14-15H2/t20-,25+,26-/m1/s1. The molecule has 0 amide bonds. The fourth-order valence-electron chi connectivity index (χ4n) is 6.66. The number of hydrogen-bond acceptors (Lipinski definition) is 2. The summed E-state index contributed by atoms with van der Waals surface area (Å²) in [6, 6.07) is 10.5. The highest BCUT2D eigenvalue weighted by molar-refractivity contribution is 5.82. The second-order valence-electron chi connectivity index (χ2n) is 10.7. The summed E-state index contributed by atoms with van der Waals surface area (Å²) in [5.74, 6) is 0.0562. The van der Waals surface area contributed by atoms with E-state index in [1.54, 1.807) is 23.0 Å². The molecule has 0 aliphatic heterocycles. The second-order valence-corrected chi connectivity index (χ2v) is 10.7. The molecular formula is C27H28F4N2O. The van der Waals surface area contributed by atoms with Crippen LogP contribution in [0, 0.1) is 17.7 Å². The number of fused-ring (bicyclic) bond motifs is 4. The van der Waals surface area contributed by atoms with Crippen molar-refractivity contribution in [1.82, 2.24) is 9.78 Å². The van der Waals surface area contributed by atoms with Crippen LogP contribution < -0.4 is 0 Å². The Morgan fingerprint density at radius 1 is 1.06 bits per heavy atom. The maximum atomic E-state index is 13.8. The highest BCUT2D eigenvalue weighted by Crippen LogP contribution is 2.59. The SMILES string of the molecule is O[C@]1(C(F)(F)F)CC[C@@]2(CC3CC3)c3cc4cnn(-c5ccc(F)cc5)c4cc3CCC[C@@H]2C1. The summed E-state index contributed by atoms with van der Waals surface area (Å²) in [5, 5.41) is 16.1. The van der Waals surface area contributed by atoms with E-state index in [-0.39, 0.29) is 30.0 Å². The zero-order valence-electron chi connectivity index (χ0n) is 18.9. The molecule has 2 fully saturated rings. The van der Waals surface area contributed by atoms with E-state index < -0.39 is 11.8 Å². The third-order valence-electron chi connectivity index (χ3n) is 8.63. The third kappa shape index (κ3) is 3.46. The van der Waals surface area contributed by atoms with Crippen molar-refractivity contribution in [2.45, 2.75) is 75.0 Å². The molecule has 34 heavy (non-hydrogen) atoms. The molecule has 3 nitrogen and oxygen atoms in total. The van der Waals surface area contributed by atoms with E-state index in [1.807, 2.05) is 0 Å². The monoisotopic (exact) mass is 472 g/mol. The van der Waals surface area contributed by atoms with Crippen molar-refractivity contribution in [3.8, 4) is 5.69 Å². The number of rotatable bonds is 3. The van der Waals surface area contributed by atoms with E-state index in [4.69, 9.17) is 0 Å². The van der Waals surface area contributed by atoms with Crippen LogP contribution in [0.1, 0.15) is 62.5 Å². The van der Waals surface area contributed by atoms with Crippen LogP contribution in [0.4, 0.5) is 17.6 Å². The van der Waals surface area contributed by atoms with Gasteiger partial charge in [-0.2, -0.15) is 18.3 Å². The molecule has 0 radical (unpaired) electrons. The lowest BCUT2D eigenvalue weighted by atomic mass is 9.56. The zero-order valence-corrected chi connectivity index (χ0v) is 18.9. The van der Waals surface area contributed by atoms with Crippen LogP contribution in [0.25, 0.3) is 16.6 Å². The van der Waals surface area contributed by atoms with Crippen LogP contribution in [-0.2, 0) is 11.8 Å². The lowest BCUT2D eigenvalue weighted by Gasteiger charge is -2.51. The molecule has 6 rings (SSSR count). The van der Waals surface area contributed by atoms with Crippen LogP contribution in [0.15, 0.2) is 42.6 Å². The van der Waals surface area contributed by atoms with Gasteiger partial charge in [-0.05, 0) is 110 Å². The Bertz CT molecular complexity index is 1230. The van der Waals surface area contributed by atoms with Gasteiger partial charge >= 0.3 is 6.18 Å². The first kappa shape index (κ1) is 22.1. The first-order valence-corrected chi connectivity index (χ1v) is 12.2. The first-order chi connectivity index (χ1) is 16.2. The lowest BCUT2D eigenvalue weighted by Crippen LogP contribution is -2.55. The highest BCUT2D eigenvalue weighted by atomic mass is 19.4. The fourth-order valence-corrected chi connectivity index (χ4v) is 6.66. The van der Waals surface area contributed by atoms with Crippen molar-refractivity contribution in [2.75, 3.05) is 0 Å². The Labute approximate surface area is 195 Å². The van der Waals surface area contributed by atoms with Gasteiger partial charge in [-0.25, -0.2) is 9.07 Å². The van der Waals surface area contributed by atoms with Gasteiger partial charge in [0.15, 0.2) is 5.60 Å². The number of aliphatic hydroxyl groups is 1. The van der Waals surface area contributed by atoms with E-state index in [0.29, 0.717) is 18.8 Å². The van der Waals surface area contributed by atoms with Crippen molar-refractivity contribution in [1.29, 1.82) is 0 Å². The maximum absolute atomic E-state index is 13.8. The van der Waals surface area contributed by atoms with Gasteiger partial charge in [-0.3, -0.25) is 0 Å². The summed E-state index contributed by atoms with van der Waals surface area (Å²) in [6.45, 7) is 0. The number of aryl methyl sites for hydroxylation is 1.